The summed E-state index contributed by atoms with van der Waals surface area (Å²) in [6.45, 7) is 14.4. The third-order valence-corrected chi connectivity index (χ3v) is 13.2. The first kappa shape index (κ1) is 33.8. The molecule has 258 valence electrons. The van der Waals surface area contributed by atoms with Crippen LogP contribution in [0.3, 0.4) is 0 Å². The molecular weight excluding hydrogens is 590 g/mol. The SMILES string of the molecule is CC[N+]12CC[N+]3(C)CC[N+]4(CC(=O)CCCOCCOCCNC(=O)OCC5[C@H]6CC/C=C/CC[C@@H]56)CC[N+](CC(=O)O)(CC1)C324. The van der Waals surface area contributed by atoms with Gasteiger partial charge < -0.3 is 24.6 Å². The van der Waals surface area contributed by atoms with Gasteiger partial charge in [-0.2, -0.15) is 13.4 Å². The predicted molar refractivity (Wildman–Crippen MR) is 170 cm³/mol. The number of amides is 1. The van der Waals surface area contributed by atoms with E-state index in [9.17, 15) is 19.5 Å². The van der Waals surface area contributed by atoms with Gasteiger partial charge in [0.25, 0.3) is 0 Å². The third kappa shape index (κ3) is 5.60. The minimum atomic E-state index is -0.716. The predicted octanol–water partition coefficient (Wildman–Crippen LogP) is 1.75. The van der Waals surface area contributed by atoms with Crippen molar-refractivity contribution in [3.05, 3.63) is 12.2 Å². The molecule has 12 heteroatoms. The molecule has 4 saturated heterocycles. The van der Waals surface area contributed by atoms with Crippen LogP contribution in [0, 0.1) is 17.8 Å². The Kier molecular flexibility index (Phi) is 9.87. The highest BCUT2D eigenvalue weighted by molar-refractivity contribution is 5.79. The highest BCUT2D eigenvalue weighted by Gasteiger charge is 2.97. The minimum Gasteiger partial charge on any atom is -0.477 e. The number of carboxylic acids is 1. The molecule has 4 heterocycles. The number of allylic oxidation sites excluding steroid dienone is 2. The summed E-state index contributed by atoms with van der Waals surface area (Å²) in [5.41, 5.74) is 0. The monoisotopic (exact) mass is 649 g/mol. The maximum atomic E-state index is 13.5. The summed E-state index contributed by atoms with van der Waals surface area (Å²) in [6.07, 6.45) is 10.0. The minimum absolute atomic E-state index is 0.164. The maximum Gasteiger partial charge on any atom is 0.482 e. The second-order valence-electron chi connectivity index (χ2n) is 15.3. The lowest BCUT2D eigenvalue weighted by atomic mass is 10.1. The number of nitrogens with zero attached hydrogens (tertiary/aromatic N) is 4. The van der Waals surface area contributed by atoms with Gasteiger partial charge in [0.05, 0.1) is 40.0 Å². The standard InChI is InChI=1S/C34H57N5O7/c1-3-37-15-13-36(2)14-16-38(19-20-39(18-17-37,26-32(41)42)34(36,37)38)25-28(40)9-8-21-44-23-24-45-22-12-35-33(43)46-27-31-29-10-6-4-5-7-11-30(29)31/h4-5,29-31H,3,6-27H2,1-2H3/q+2/p+2/b5-4+/t29-,30+,31?,34?,36?,37?,38?,39?. The number of hydrogen-bond acceptors (Lipinski definition) is 6. The number of carbonyl (C=O) groups is 3. The van der Waals surface area contributed by atoms with E-state index in [1.54, 1.807) is 0 Å². The zero-order valence-electron chi connectivity index (χ0n) is 28.3. The van der Waals surface area contributed by atoms with Crippen LogP contribution in [0.15, 0.2) is 12.2 Å². The first-order valence-electron chi connectivity index (χ1n) is 18.0. The number of likely N-dealkylation sites (N-methyl/N-ethyl adjacent to an activating group) is 2. The fourth-order valence-electron chi connectivity index (χ4n) is 11.4. The van der Waals surface area contributed by atoms with Gasteiger partial charge in [-0.05, 0) is 56.8 Å². The average molecular weight is 650 g/mol. The van der Waals surface area contributed by atoms with Crippen molar-refractivity contribution < 1.29 is 51.6 Å². The van der Waals surface area contributed by atoms with E-state index in [-0.39, 0.29) is 24.3 Å². The second-order valence-corrected chi connectivity index (χ2v) is 15.3. The van der Waals surface area contributed by atoms with E-state index < -0.39 is 5.97 Å². The van der Waals surface area contributed by atoms with Gasteiger partial charge in [0.15, 0.2) is 18.9 Å². The van der Waals surface area contributed by atoms with Gasteiger partial charge in [-0.3, -0.25) is 4.79 Å². The molecule has 8 atom stereocenters. The molecule has 1 amide bonds. The van der Waals surface area contributed by atoms with Crippen molar-refractivity contribution in [2.45, 2.75) is 51.4 Å². The van der Waals surface area contributed by atoms with E-state index in [0.29, 0.717) is 81.2 Å². The molecule has 1 spiro atoms. The van der Waals surface area contributed by atoms with E-state index in [4.69, 9.17) is 14.2 Å². The normalized spacial score (nSPS) is 40.8. The molecule has 1 saturated carbocycles. The van der Waals surface area contributed by atoms with E-state index in [0.717, 1.165) is 85.2 Å². The number of ether oxygens (including phenoxy) is 3. The smallest absolute Gasteiger partial charge is 0.477 e. The highest BCUT2D eigenvalue weighted by atomic mass is 16.6. The molecule has 5 fully saturated rings. The molecule has 4 aliphatic heterocycles. The van der Waals surface area contributed by atoms with Crippen molar-refractivity contribution in [1.82, 2.24) is 5.32 Å². The van der Waals surface area contributed by atoms with Crippen LogP contribution in [-0.2, 0) is 23.8 Å². The number of alkyl carbamates (subject to hydrolysis) is 1. The summed E-state index contributed by atoms with van der Waals surface area (Å²) >= 11 is 0. The molecule has 6 aliphatic rings. The van der Waals surface area contributed by atoms with Gasteiger partial charge in [-0.25, -0.2) is 9.59 Å². The lowest BCUT2D eigenvalue weighted by Gasteiger charge is -2.49. The molecule has 2 aliphatic carbocycles. The Bertz CT molecular complexity index is 1170. The molecule has 0 aromatic heterocycles. The van der Waals surface area contributed by atoms with Crippen molar-refractivity contribution in [1.29, 1.82) is 0 Å². The van der Waals surface area contributed by atoms with Gasteiger partial charge in [0, 0.05) is 19.6 Å². The molecular formula is C34H59N5O7+4. The number of hydrogen-bond donors (Lipinski definition) is 2. The number of rotatable bonds is 17. The van der Waals surface area contributed by atoms with E-state index in [1.165, 1.54) is 12.8 Å². The molecule has 46 heavy (non-hydrogen) atoms. The number of fused-ring (bicyclic) bond motifs is 1. The number of aliphatic carboxylic acids is 1. The number of nitrogens with one attached hydrogen (secondary N) is 1. The lowest BCUT2D eigenvalue weighted by molar-refractivity contribution is -1.36. The van der Waals surface area contributed by atoms with Gasteiger partial charge in [0.1, 0.15) is 52.4 Å². The summed E-state index contributed by atoms with van der Waals surface area (Å²) < 4.78 is 20.1. The zero-order valence-corrected chi connectivity index (χ0v) is 28.3. The van der Waals surface area contributed by atoms with Crippen LogP contribution < -0.4 is 5.32 Å². The first-order chi connectivity index (χ1) is 22.2. The van der Waals surface area contributed by atoms with Crippen LogP contribution in [0.4, 0.5) is 4.79 Å². The molecule has 0 aromatic carbocycles. The molecule has 0 bridgehead atoms. The lowest BCUT2D eigenvalue weighted by Crippen LogP contribution is -2.84. The maximum absolute atomic E-state index is 13.5. The van der Waals surface area contributed by atoms with Crippen molar-refractivity contribution in [2.24, 2.45) is 17.8 Å². The average Bonchev–Trinajstić information content (AvgIpc) is 3.22. The molecule has 0 aromatic rings. The quantitative estimate of drug-likeness (QED) is 0.140. The van der Waals surface area contributed by atoms with E-state index in [2.05, 4.69) is 31.4 Å². The van der Waals surface area contributed by atoms with E-state index in [1.807, 2.05) is 0 Å². The zero-order chi connectivity index (χ0) is 32.5. The molecule has 2 N–H and O–H groups in total. The number of carbonyl (C=O) groups excluding carboxylic acids is 2. The van der Waals surface area contributed by atoms with Crippen molar-refractivity contribution in [3.63, 3.8) is 0 Å². The van der Waals surface area contributed by atoms with Crippen LogP contribution in [0.5, 0.6) is 0 Å². The molecule has 6 rings (SSSR count). The fraction of sp³-hybridized carbons (Fsp3) is 0.853. The first-order valence-corrected chi connectivity index (χ1v) is 18.0. The fourth-order valence-corrected chi connectivity index (χ4v) is 11.4. The number of quaternary nitrogens is 4. The second kappa shape index (κ2) is 13.4. The highest BCUT2D eigenvalue weighted by Crippen LogP contribution is 2.62. The Labute approximate surface area is 274 Å². The van der Waals surface area contributed by atoms with Gasteiger partial charge >= 0.3 is 18.0 Å². The molecule has 6 unspecified atom stereocenters. The van der Waals surface area contributed by atoms with Crippen LogP contribution in [-0.4, -0.2) is 165 Å². The Morgan fingerprint density at radius 1 is 0.826 bits per heavy atom. The Morgan fingerprint density at radius 3 is 2.07 bits per heavy atom. The van der Waals surface area contributed by atoms with Crippen molar-refractivity contribution >= 4 is 17.8 Å². The van der Waals surface area contributed by atoms with Crippen LogP contribution >= 0.6 is 0 Å². The van der Waals surface area contributed by atoms with Crippen molar-refractivity contribution in [3.8, 4) is 0 Å². The Balaban J connectivity index is 0.865. The summed E-state index contributed by atoms with van der Waals surface area (Å²) in [7, 11) is 2.35. The summed E-state index contributed by atoms with van der Waals surface area (Å²) in [6, 6.07) is 0. The molecule has 0 radical (unpaired) electrons. The van der Waals surface area contributed by atoms with Gasteiger partial charge in [-0.15, -0.1) is 4.48 Å². The summed E-state index contributed by atoms with van der Waals surface area (Å²) in [4.78, 5) is 37.8. The number of Topliss-reactive ketones (excluding diaryl/α,β-unsaturated/α-hetero) is 1. The van der Waals surface area contributed by atoms with Gasteiger partial charge in [0.2, 0.25) is 0 Å². The topological polar surface area (TPSA) is 111 Å². The largest absolute Gasteiger partial charge is 0.482 e. The summed E-state index contributed by atoms with van der Waals surface area (Å²) in [5, 5.41) is 12.8. The number of carboxylic acid groups (broad SMARTS) is 1. The van der Waals surface area contributed by atoms with Crippen LogP contribution in [0.1, 0.15) is 45.4 Å². The number of ketones is 1. The Hall–Kier alpha value is -2.09. The third-order valence-electron chi connectivity index (χ3n) is 13.2. The van der Waals surface area contributed by atoms with Crippen LogP contribution in [0.2, 0.25) is 0 Å². The van der Waals surface area contributed by atoms with Gasteiger partial charge in [-0.1, -0.05) is 12.2 Å². The van der Waals surface area contributed by atoms with Crippen molar-refractivity contribution in [2.75, 3.05) is 119 Å². The summed E-state index contributed by atoms with van der Waals surface area (Å²) in [5.74, 6) is 1.24. The molecule has 12 nitrogen and oxygen atoms in total. The Morgan fingerprint density at radius 2 is 1.41 bits per heavy atom. The van der Waals surface area contributed by atoms with E-state index >= 15 is 0 Å². The van der Waals surface area contributed by atoms with Crippen LogP contribution in [0.25, 0.3) is 0 Å².